The minimum atomic E-state index is -3.05. The molecule has 5 nitrogen and oxygen atoms in total. The molecule has 0 saturated carbocycles. The predicted molar refractivity (Wildman–Crippen MR) is 115 cm³/mol. The molecule has 0 radical (unpaired) electrons. The summed E-state index contributed by atoms with van der Waals surface area (Å²) >= 11 is 1.48. The highest BCUT2D eigenvalue weighted by Crippen LogP contribution is 2.24. The molecular weight excluding hydrogens is 506 g/mol. The smallest absolute Gasteiger partial charge is 0.387 e. The van der Waals surface area contributed by atoms with Gasteiger partial charge < -0.3 is 20.5 Å². The molecule has 0 saturated heterocycles. The molecule has 28 heavy (non-hydrogen) atoms. The van der Waals surface area contributed by atoms with E-state index in [0.717, 1.165) is 11.6 Å². The molecule has 1 unspecified atom stereocenters. The van der Waals surface area contributed by atoms with Gasteiger partial charge in [0, 0.05) is 6.54 Å². The van der Waals surface area contributed by atoms with E-state index in [1.54, 1.807) is 6.92 Å². The summed E-state index contributed by atoms with van der Waals surface area (Å²) in [5.74, 6) is -0.618. The van der Waals surface area contributed by atoms with Crippen LogP contribution in [0.4, 0.5) is 13.2 Å². The van der Waals surface area contributed by atoms with Crippen molar-refractivity contribution in [1.29, 1.82) is 0 Å². The number of hydrogen-bond acceptors (Lipinski definition) is 4. The van der Waals surface area contributed by atoms with Crippen LogP contribution in [-0.2, 0) is 12.1 Å². The first-order valence-electron chi connectivity index (χ1n) is 8.33. The van der Waals surface area contributed by atoms with E-state index in [1.165, 1.54) is 23.5 Å². The van der Waals surface area contributed by atoms with Crippen LogP contribution >= 0.6 is 35.3 Å². The Kier molecular flexibility index (Phi) is 10.0. The van der Waals surface area contributed by atoms with Gasteiger partial charge in [-0.15, -0.1) is 24.0 Å². The van der Waals surface area contributed by atoms with Crippen LogP contribution in [0.1, 0.15) is 25.0 Å². The molecular formula is C18H23F3IN3O2S. The molecule has 1 aromatic carbocycles. The molecule has 2 rings (SSSR count). The van der Waals surface area contributed by atoms with Gasteiger partial charge in [0.15, 0.2) is 5.96 Å². The number of alkyl halides is 2. The highest BCUT2D eigenvalue weighted by atomic mass is 127. The van der Waals surface area contributed by atoms with Gasteiger partial charge in [-0.05, 0) is 48.4 Å². The van der Waals surface area contributed by atoms with Gasteiger partial charge in [0.1, 0.15) is 17.2 Å². The van der Waals surface area contributed by atoms with Crippen molar-refractivity contribution >= 4 is 41.3 Å². The second-order valence-electron chi connectivity index (χ2n) is 5.93. The second kappa shape index (κ2) is 11.5. The van der Waals surface area contributed by atoms with Crippen LogP contribution in [0.2, 0.25) is 0 Å². The Balaban J connectivity index is 0.00000392. The van der Waals surface area contributed by atoms with Crippen molar-refractivity contribution in [3.63, 3.8) is 0 Å². The molecule has 0 spiro atoms. The van der Waals surface area contributed by atoms with Gasteiger partial charge in [-0.2, -0.15) is 20.1 Å². The normalized spacial score (nSPS) is 13.6. The number of nitrogens with zero attached hydrogens (tertiary/aromatic N) is 1. The Morgan fingerprint density at radius 2 is 2.07 bits per heavy atom. The maximum Gasteiger partial charge on any atom is 0.387 e. The topological polar surface area (TPSA) is 65.9 Å². The number of nitrogens with one attached hydrogen (secondary N) is 2. The number of hydrogen-bond donors (Lipinski definition) is 3. The van der Waals surface area contributed by atoms with Gasteiger partial charge in [0.2, 0.25) is 0 Å². The van der Waals surface area contributed by atoms with Crippen LogP contribution in [0.25, 0.3) is 0 Å². The molecule has 0 fully saturated rings. The standard InChI is InChI=1S/C18H22F3N3O2S.HI/c1-3-22-17(24-11-18(2,25)12-7-8-27-10-12)23-9-13-14(19)5-4-6-15(13)26-16(20)21;/h4-8,10,16,25H,3,9,11H2,1-2H3,(H2,22,23,24);1H. The Bertz CT molecular complexity index is 759. The van der Waals surface area contributed by atoms with Crippen molar-refractivity contribution in [2.75, 3.05) is 13.1 Å². The monoisotopic (exact) mass is 529 g/mol. The summed E-state index contributed by atoms with van der Waals surface area (Å²) in [6.45, 7) is 0.948. The molecule has 3 N–H and O–H groups in total. The SMILES string of the molecule is CCNC(=NCc1c(F)cccc1OC(F)F)NCC(C)(O)c1ccsc1.I. The summed E-state index contributed by atoms with van der Waals surface area (Å²) in [6, 6.07) is 5.54. The van der Waals surface area contributed by atoms with Crippen LogP contribution in [-0.4, -0.2) is 30.8 Å². The number of ether oxygens (including phenoxy) is 1. The average Bonchev–Trinajstić information content (AvgIpc) is 3.14. The Hall–Kier alpha value is -1.53. The lowest BCUT2D eigenvalue weighted by Gasteiger charge is -2.24. The fourth-order valence-corrected chi connectivity index (χ4v) is 3.11. The molecule has 2 aromatic rings. The van der Waals surface area contributed by atoms with E-state index in [4.69, 9.17) is 0 Å². The summed E-state index contributed by atoms with van der Waals surface area (Å²) < 4.78 is 43.4. The molecule has 0 bridgehead atoms. The maximum atomic E-state index is 14.0. The highest BCUT2D eigenvalue weighted by Gasteiger charge is 2.23. The summed E-state index contributed by atoms with van der Waals surface area (Å²) in [6.07, 6.45) is 0. The lowest BCUT2D eigenvalue weighted by molar-refractivity contribution is -0.0506. The van der Waals surface area contributed by atoms with Gasteiger partial charge in [0.05, 0.1) is 18.7 Å². The quantitative estimate of drug-likeness (QED) is 0.274. The van der Waals surface area contributed by atoms with Crippen LogP contribution in [0, 0.1) is 5.82 Å². The molecule has 1 heterocycles. The van der Waals surface area contributed by atoms with Gasteiger partial charge >= 0.3 is 6.61 Å². The van der Waals surface area contributed by atoms with E-state index < -0.39 is 18.0 Å². The number of halogens is 4. The maximum absolute atomic E-state index is 14.0. The molecule has 0 aliphatic carbocycles. The molecule has 156 valence electrons. The highest BCUT2D eigenvalue weighted by molar-refractivity contribution is 14.0. The first kappa shape index (κ1) is 24.5. The summed E-state index contributed by atoms with van der Waals surface area (Å²) in [7, 11) is 0. The minimum Gasteiger partial charge on any atom is -0.434 e. The van der Waals surface area contributed by atoms with Crippen molar-refractivity contribution in [2.45, 2.75) is 32.6 Å². The zero-order valence-electron chi connectivity index (χ0n) is 15.4. The number of aliphatic hydroxyl groups is 1. The van der Waals surface area contributed by atoms with Crippen molar-refractivity contribution in [3.8, 4) is 5.75 Å². The van der Waals surface area contributed by atoms with Crippen molar-refractivity contribution in [2.24, 2.45) is 4.99 Å². The number of rotatable bonds is 8. The Labute approximate surface area is 183 Å². The van der Waals surface area contributed by atoms with E-state index in [-0.39, 0.29) is 48.4 Å². The number of thiophene rings is 1. The van der Waals surface area contributed by atoms with Crippen molar-refractivity contribution < 1.29 is 23.0 Å². The van der Waals surface area contributed by atoms with Crippen LogP contribution in [0.3, 0.4) is 0 Å². The van der Waals surface area contributed by atoms with Gasteiger partial charge in [-0.1, -0.05) is 6.07 Å². The van der Waals surface area contributed by atoms with E-state index >= 15 is 0 Å². The molecule has 1 atom stereocenters. The zero-order chi connectivity index (χ0) is 19.9. The van der Waals surface area contributed by atoms with Crippen LogP contribution in [0.5, 0.6) is 5.75 Å². The minimum absolute atomic E-state index is 0. The van der Waals surface area contributed by atoms with Crippen LogP contribution in [0.15, 0.2) is 40.0 Å². The molecule has 0 amide bonds. The third-order valence-corrected chi connectivity index (χ3v) is 4.46. The molecule has 10 heteroatoms. The van der Waals surface area contributed by atoms with Gasteiger partial charge in [-0.3, -0.25) is 0 Å². The fraction of sp³-hybridized carbons (Fsp3) is 0.389. The Morgan fingerprint density at radius 3 is 2.68 bits per heavy atom. The third kappa shape index (κ3) is 7.13. The Morgan fingerprint density at radius 1 is 1.32 bits per heavy atom. The lowest BCUT2D eigenvalue weighted by Crippen LogP contribution is -2.44. The first-order valence-corrected chi connectivity index (χ1v) is 9.27. The zero-order valence-corrected chi connectivity index (χ0v) is 18.6. The molecule has 1 aromatic heterocycles. The van der Waals surface area contributed by atoms with Crippen molar-refractivity contribution in [3.05, 3.63) is 52.0 Å². The number of benzene rings is 1. The predicted octanol–water partition coefficient (Wildman–Crippen LogP) is 4.07. The molecule has 0 aliphatic rings. The van der Waals surface area contributed by atoms with E-state index in [9.17, 15) is 18.3 Å². The number of guanidine groups is 1. The van der Waals surface area contributed by atoms with Gasteiger partial charge in [-0.25, -0.2) is 9.38 Å². The summed E-state index contributed by atoms with van der Waals surface area (Å²) in [4.78, 5) is 4.22. The third-order valence-electron chi connectivity index (χ3n) is 3.77. The average molecular weight is 529 g/mol. The van der Waals surface area contributed by atoms with Crippen molar-refractivity contribution in [1.82, 2.24) is 10.6 Å². The number of aliphatic imine (C=N–C) groups is 1. The lowest BCUT2D eigenvalue weighted by atomic mass is 9.99. The van der Waals surface area contributed by atoms with E-state index in [1.807, 2.05) is 23.8 Å². The second-order valence-corrected chi connectivity index (χ2v) is 6.71. The van der Waals surface area contributed by atoms with Gasteiger partial charge in [0.25, 0.3) is 0 Å². The first-order chi connectivity index (χ1) is 12.8. The summed E-state index contributed by atoms with van der Waals surface area (Å²) in [5.41, 5.74) is -0.435. The van der Waals surface area contributed by atoms with Crippen LogP contribution < -0.4 is 15.4 Å². The fourth-order valence-electron chi connectivity index (χ4n) is 2.33. The van der Waals surface area contributed by atoms with E-state index in [0.29, 0.717) is 12.5 Å². The molecule has 0 aliphatic heterocycles. The largest absolute Gasteiger partial charge is 0.434 e. The van der Waals surface area contributed by atoms with E-state index in [2.05, 4.69) is 20.4 Å². The summed E-state index contributed by atoms with van der Waals surface area (Å²) in [5, 5.41) is 20.2.